The maximum absolute atomic E-state index is 13.6. The Morgan fingerprint density at radius 1 is 1.54 bits per heavy atom. The van der Waals surface area contributed by atoms with Crippen LogP contribution < -0.4 is 10.2 Å². The number of carbonyl (C=O) groups excluding carboxylic acids is 2. The molecule has 2 N–H and O–H groups in total. The number of hydrogen-bond acceptors (Lipinski definition) is 4. The Hall–Kier alpha value is -2.45. The molecular formula is C17H18ClFN2O5. The maximum atomic E-state index is 13.6. The molecule has 2 amide bonds. The molecule has 0 aromatic heterocycles. The minimum atomic E-state index is -1.25. The van der Waals surface area contributed by atoms with Crippen molar-refractivity contribution in [2.24, 2.45) is 5.92 Å². The minimum Gasteiger partial charge on any atom is -0.480 e. The first-order chi connectivity index (χ1) is 12.3. The van der Waals surface area contributed by atoms with Gasteiger partial charge in [0.1, 0.15) is 5.82 Å². The van der Waals surface area contributed by atoms with Crippen molar-refractivity contribution in [2.75, 3.05) is 24.7 Å². The van der Waals surface area contributed by atoms with E-state index in [0.29, 0.717) is 0 Å². The highest BCUT2D eigenvalue weighted by molar-refractivity contribution is 6.30. The number of benzene rings is 1. The molecule has 140 valence electrons. The highest BCUT2D eigenvalue weighted by Crippen LogP contribution is 2.28. The number of amides is 2. The zero-order valence-electron chi connectivity index (χ0n) is 13.8. The Bertz CT molecular complexity index is 727. The number of rotatable bonds is 8. The van der Waals surface area contributed by atoms with Crippen molar-refractivity contribution in [1.29, 1.82) is 0 Å². The quantitative estimate of drug-likeness (QED) is 0.524. The number of hydrogen-bond donors (Lipinski definition) is 2. The van der Waals surface area contributed by atoms with Crippen molar-refractivity contribution in [3.8, 4) is 0 Å². The highest BCUT2D eigenvalue weighted by atomic mass is 35.5. The molecular weight excluding hydrogens is 367 g/mol. The van der Waals surface area contributed by atoms with Crippen LogP contribution in [0.5, 0.6) is 0 Å². The second-order valence-corrected chi connectivity index (χ2v) is 6.14. The summed E-state index contributed by atoms with van der Waals surface area (Å²) in [5.41, 5.74) is 0.288. The fourth-order valence-electron chi connectivity index (χ4n) is 2.52. The van der Waals surface area contributed by atoms with Crippen LogP contribution in [-0.2, 0) is 19.1 Å². The summed E-state index contributed by atoms with van der Waals surface area (Å²) in [4.78, 5) is 36.9. The van der Waals surface area contributed by atoms with Gasteiger partial charge in [-0.1, -0.05) is 17.7 Å². The van der Waals surface area contributed by atoms with Gasteiger partial charge in [0.05, 0.1) is 24.2 Å². The molecule has 1 fully saturated rings. The number of carboxylic acids is 1. The van der Waals surface area contributed by atoms with Gasteiger partial charge in [-0.15, -0.1) is 6.58 Å². The average molecular weight is 385 g/mol. The van der Waals surface area contributed by atoms with Crippen molar-refractivity contribution >= 4 is 35.1 Å². The lowest BCUT2D eigenvalue weighted by atomic mass is 10.1. The molecule has 0 radical (unpaired) electrons. The summed E-state index contributed by atoms with van der Waals surface area (Å²) in [6, 6.07) is 2.68. The summed E-state index contributed by atoms with van der Waals surface area (Å²) < 4.78 is 18.6. The molecule has 2 unspecified atom stereocenters. The molecule has 7 nitrogen and oxygen atoms in total. The van der Waals surface area contributed by atoms with Crippen molar-refractivity contribution in [1.82, 2.24) is 5.32 Å². The van der Waals surface area contributed by atoms with Crippen molar-refractivity contribution in [3.05, 3.63) is 41.7 Å². The molecule has 1 saturated heterocycles. The monoisotopic (exact) mass is 384 g/mol. The lowest BCUT2D eigenvalue weighted by Crippen LogP contribution is -2.46. The Labute approximate surface area is 154 Å². The van der Waals surface area contributed by atoms with Crippen LogP contribution in [0.2, 0.25) is 5.02 Å². The Morgan fingerprint density at radius 3 is 2.88 bits per heavy atom. The van der Waals surface area contributed by atoms with E-state index in [1.165, 1.54) is 23.1 Å². The first kappa shape index (κ1) is 19.9. The number of carboxylic acid groups (broad SMARTS) is 1. The van der Waals surface area contributed by atoms with Gasteiger partial charge in [0.2, 0.25) is 11.8 Å². The number of halogens is 2. The molecule has 1 aliphatic heterocycles. The second-order valence-electron chi connectivity index (χ2n) is 5.73. The number of anilines is 1. The SMILES string of the molecule is C=CCOCC(NC(=O)C1CC(=O)N(c2ccc(Cl)c(F)c2)C1)C(=O)O. The Balaban J connectivity index is 2.01. The molecule has 0 spiro atoms. The zero-order chi connectivity index (χ0) is 19.3. The first-order valence-electron chi connectivity index (χ1n) is 7.80. The molecule has 2 atom stereocenters. The van der Waals surface area contributed by atoms with Crippen LogP contribution in [0.4, 0.5) is 10.1 Å². The number of nitrogens with one attached hydrogen (secondary N) is 1. The predicted octanol–water partition coefficient (Wildman–Crippen LogP) is 1.60. The van der Waals surface area contributed by atoms with Crippen LogP contribution in [0, 0.1) is 11.7 Å². The van der Waals surface area contributed by atoms with Crippen LogP contribution in [-0.4, -0.2) is 48.7 Å². The summed E-state index contributed by atoms with van der Waals surface area (Å²) >= 11 is 5.63. The van der Waals surface area contributed by atoms with Crippen molar-refractivity contribution < 1.29 is 28.6 Å². The van der Waals surface area contributed by atoms with Crippen LogP contribution in [0.25, 0.3) is 0 Å². The van der Waals surface area contributed by atoms with Crippen molar-refractivity contribution in [3.63, 3.8) is 0 Å². The van der Waals surface area contributed by atoms with Gasteiger partial charge in [0.25, 0.3) is 0 Å². The Morgan fingerprint density at radius 2 is 2.27 bits per heavy atom. The van der Waals surface area contributed by atoms with E-state index in [-0.39, 0.29) is 42.8 Å². The number of aliphatic carboxylic acids is 1. The molecule has 26 heavy (non-hydrogen) atoms. The Kier molecular flexibility index (Phi) is 6.70. The van der Waals surface area contributed by atoms with Gasteiger partial charge in [-0.05, 0) is 18.2 Å². The lowest BCUT2D eigenvalue weighted by molar-refractivity contribution is -0.144. The van der Waals surface area contributed by atoms with E-state index in [4.69, 9.17) is 21.4 Å². The van der Waals surface area contributed by atoms with E-state index in [1.54, 1.807) is 0 Å². The van der Waals surface area contributed by atoms with Crippen LogP contribution in [0.1, 0.15) is 6.42 Å². The van der Waals surface area contributed by atoms with Gasteiger partial charge in [0.15, 0.2) is 6.04 Å². The van der Waals surface area contributed by atoms with E-state index >= 15 is 0 Å². The number of carbonyl (C=O) groups is 3. The third-order valence-corrected chi connectivity index (χ3v) is 4.15. The lowest BCUT2D eigenvalue weighted by Gasteiger charge is -2.19. The summed E-state index contributed by atoms with van der Waals surface area (Å²) in [7, 11) is 0. The van der Waals surface area contributed by atoms with Crippen molar-refractivity contribution in [2.45, 2.75) is 12.5 Å². The molecule has 0 aliphatic carbocycles. The molecule has 1 aromatic rings. The summed E-state index contributed by atoms with van der Waals surface area (Å²) in [6.07, 6.45) is 1.36. The van der Waals surface area contributed by atoms with Gasteiger partial charge >= 0.3 is 5.97 Å². The summed E-state index contributed by atoms with van der Waals surface area (Å²) in [5, 5.41) is 11.4. The van der Waals surface area contributed by atoms with Crippen LogP contribution in [0.15, 0.2) is 30.9 Å². The van der Waals surface area contributed by atoms with Gasteiger partial charge in [-0.2, -0.15) is 0 Å². The van der Waals surface area contributed by atoms with E-state index in [9.17, 15) is 18.8 Å². The van der Waals surface area contributed by atoms with E-state index in [2.05, 4.69) is 11.9 Å². The van der Waals surface area contributed by atoms with Gasteiger partial charge in [-0.25, -0.2) is 9.18 Å². The van der Waals surface area contributed by atoms with Crippen LogP contribution >= 0.6 is 11.6 Å². The normalized spacial score (nSPS) is 17.8. The first-order valence-corrected chi connectivity index (χ1v) is 8.18. The van der Waals surface area contributed by atoms with Crippen LogP contribution in [0.3, 0.4) is 0 Å². The summed E-state index contributed by atoms with van der Waals surface area (Å²) in [6.45, 7) is 3.39. The molecule has 2 rings (SSSR count). The number of ether oxygens (including phenoxy) is 1. The molecule has 1 aromatic carbocycles. The highest BCUT2D eigenvalue weighted by Gasteiger charge is 2.36. The molecule has 0 saturated carbocycles. The topological polar surface area (TPSA) is 95.9 Å². The second kappa shape index (κ2) is 8.77. The van der Waals surface area contributed by atoms with Gasteiger partial charge in [-0.3, -0.25) is 9.59 Å². The maximum Gasteiger partial charge on any atom is 0.328 e. The molecule has 1 heterocycles. The molecule has 9 heteroatoms. The predicted molar refractivity (Wildman–Crippen MR) is 92.5 cm³/mol. The minimum absolute atomic E-state index is 0.0194. The third-order valence-electron chi connectivity index (χ3n) is 3.85. The largest absolute Gasteiger partial charge is 0.480 e. The third kappa shape index (κ3) is 4.80. The van der Waals surface area contributed by atoms with E-state index < -0.39 is 29.7 Å². The fraction of sp³-hybridized carbons (Fsp3) is 0.353. The van der Waals surface area contributed by atoms with Gasteiger partial charge < -0.3 is 20.1 Å². The van der Waals surface area contributed by atoms with E-state index in [0.717, 1.165) is 6.07 Å². The standard InChI is InChI=1S/C17H18ClFN2O5/c1-2-5-26-9-14(17(24)25)20-16(23)10-6-15(22)21(8-10)11-3-4-12(18)13(19)7-11/h2-4,7,10,14H,1,5-6,8-9H2,(H,20,23)(H,24,25). The smallest absolute Gasteiger partial charge is 0.328 e. The molecule has 1 aliphatic rings. The fourth-order valence-corrected chi connectivity index (χ4v) is 2.64. The molecule has 0 bridgehead atoms. The van der Waals surface area contributed by atoms with Gasteiger partial charge in [0, 0.05) is 18.7 Å². The number of nitrogens with zero attached hydrogens (tertiary/aromatic N) is 1. The summed E-state index contributed by atoms with van der Waals surface area (Å²) in [5.74, 6) is -3.60. The average Bonchev–Trinajstić information content (AvgIpc) is 2.98. The zero-order valence-corrected chi connectivity index (χ0v) is 14.5. The van der Waals surface area contributed by atoms with E-state index in [1.807, 2.05) is 0 Å².